The monoisotopic (exact) mass is 379 g/mol. The molecule has 8 nitrogen and oxygen atoms in total. The van der Waals surface area contributed by atoms with Crippen molar-refractivity contribution in [3.63, 3.8) is 0 Å². The summed E-state index contributed by atoms with van der Waals surface area (Å²) in [7, 11) is 1.86. The number of aryl methyl sites for hydroxylation is 2. The zero-order chi connectivity index (χ0) is 20.1. The van der Waals surface area contributed by atoms with Gasteiger partial charge in [-0.15, -0.1) is 0 Å². The Morgan fingerprint density at radius 1 is 1.19 bits per heavy atom. The average molecular weight is 379 g/mol. The summed E-state index contributed by atoms with van der Waals surface area (Å²) < 4.78 is 11.7. The van der Waals surface area contributed by atoms with Crippen molar-refractivity contribution >= 4 is 17.8 Å². The lowest BCUT2D eigenvalue weighted by Gasteiger charge is -2.23. The van der Waals surface area contributed by atoms with Gasteiger partial charge in [0.25, 0.3) is 0 Å². The van der Waals surface area contributed by atoms with E-state index in [1.165, 1.54) is 0 Å². The molecule has 2 atom stereocenters. The summed E-state index contributed by atoms with van der Waals surface area (Å²) in [6, 6.07) is 0. The summed E-state index contributed by atoms with van der Waals surface area (Å²) >= 11 is 0. The van der Waals surface area contributed by atoms with Crippen LogP contribution in [0.5, 0.6) is 0 Å². The molecule has 0 radical (unpaired) electrons. The number of carbonyl (C=O) groups excluding carboxylic acids is 3. The van der Waals surface area contributed by atoms with Crippen LogP contribution in [-0.4, -0.2) is 52.3 Å². The molecule has 2 unspecified atom stereocenters. The summed E-state index contributed by atoms with van der Waals surface area (Å²) in [5, 5.41) is 4.39. The van der Waals surface area contributed by atoms with Crippen LogP contribution in [0.3, 0.4) is 0 Å². The Labute approximate surface area is 159 Å². The molecule has 1 amide bonds. The van der Waals surface area contributed by atoms with Crippen LogP contribution in [0.2, 0.25) is 0 Å². The molecular formula is C19H29N3O5. The largest absolute Gasteiger partial charge is 0.466 e. The van der Waals surface area contributed by atoms with Crippen LogP contribution >= 0.6 is 0 Å². The molecule has 0 spiro atoms. The number of aromatic nitrogens is 2. The Morgan fingerprint density at radius 2 is 1.85 bits per heavy atom. The van der Waals surface area contributed by atoms with E-state index in [9.17, 15) is 14.4 Å². The smallest absolute Gasteiger partial charge is 0.315 e. The van der Waals surface area contributed by atoms with E-state index in [1.54, 1.807) is 23.4 Å². The third-order valence-corrected chi connectivity index (χ3v) is 4.93. The molecule has 8 heteroatoms. The summed E-state index contributed by atoms with van der Waals surface area (Å²) in [6.07, 6.45) is 0.399. The van der Waals surface area contributed by atoms with Gasteiger partial charge in [-0.2, -0.15) is 5.10 Å². The third-order valence-electron chi connectivity index (χ3n) is 4.93. The Morgan fingerprint density at radius 3 is 2.41 bits per heavy atom. The maximum atomic E-state index is 12.7. The van der Waals surface area contributed by atoms with Gasteiger partial charge >= 0.3 is 11.9 Å². The molecule has 1 saturated carbocycles. The van der Waals surface area contributed by atoms with Crippen LogP contribution < -0.4 is 0 Å². The fourth-order valence-corrected chi connectivity index (χ4v) is 3.21. The Hall–Kier alpha value is -2.38. The molecular weight excluding hydrogens is 350 g/mol. The van der Waals surface area contributed by atoms with E-state index in [2.05, 4.69) is 5.10 Å². The van der Waals surface area contributed by atoms with Crippen molar-refractivity contribution in [1.82, 2.24) is 14.7 Å². The quantitative estimate of drug-likeness (QED) is 0.477. The van der Waals surface area contributed by atoms with Crippen LogP contribution in [-0.2, 0) is 37.4 Å². The SMILES string of the molecule is CCOC(=O)CC(=O)N(Cc1c(C)nn(C)c1C)CC1CC1C(=O)OCC. The van der Waals surface area contributed by atoms with Gasteiger partial charge in [-0.3, -0.25) is 19.1 Å². The minimum absolute atomic E-state index is 0.0625. The Balaban J connectivity index is 2.10. The van der Waals surface area contributed by atoms with E-state index in [0.717, 1.165) is 17.0 Å². The summed E-state index contributed by atoms with van der Waals surface area (Å²) in [5.74, 6) is -1.16. The van der Waals surface area contributed by atoms with Crippen molar-refractivity contribution in [3.05, 3.63) is 17.0 Å². The summed E-state index contributed by atoms with van der Waals surface area (Å²) in [5.41, 5.74) is 2.78. The molecule has 1 aromatic rings. The number of carbonyl (C=O) groups is 3. The van der Waals surface area contributed by atoms with Crippen molar-refractivity contribution < 1.29 is 23.9 Å². The standard InChI is InChI=1S/C19H29N3O5/c1-6-26-18(24)9-17(23)22(10-14-8-15(14)19(25)27-7-2)11-16-12(3)20-21(5)13(16)4/h14-15H,6-11H2,1-5H3. The normalized spacial score (nSPS) is 18.1. The van der Waals surface area contributed by atoms with E-state index >= 15 is 0 Å². The highest BCUT2D eigenvalue weighted by atomic mass is 16.5. The fourth-order valence-electron chi connectivity index (χ4n) is 3.21. The van der Waals surface area contributed by atoms with Crippen molar-refractivity contribution in [2.75, 3.05) is 19.8 Å². The lowest BCUT2D eigenvalue weighted by molar-refractivity contribution is -0.150. The zero-order valence-electron chi connectivity index (χ0n) is 16.8. The lowest BCUT2D eigenvalue weighted by Crippen LogP contribution is -2.35. The number of hydrogen-bond acceptors (Lipinski definition) is 6. The first kappa shape index (κ1) is 20.9. The van der Waals surface area contributed by atoms with Gasteiger partial charge in [-0.05, 0) is 40.0 Å². The van der Waals surface area contributed by atoms with Crippen LogP contribution in [0.25, 0.3) is 0 Å². The predicted molar refractivity (Wildman–Crippen MR) is 97.6 cm³/mol. The molecule has 1 fully saturated rings. The van der Waals surface area contributed by atoms with Crippen LogP contribution in [0.1, 0.15) is 43.6 Å². The highest BCUT2D eigenvalue weighted by Gasteiger charge is 2.45. The molecule has 0 aliphatic heterocycles. The zero-order valence-corrected chi connectivity index (χ0v) is 16.8. The fraction of sp³-hybridized carbons (Fsp3) is 0.684. The second-order valence-electron chi connectivity index (χ2n) is 6.88. The Kier molecular flexibility index (Phi) is 6.98. The van der Waals surface area contributed by atoms with Gasteiger partial charge in [0, 0.05) is 31.4 Å². The van der Waals surface area contributed by atoms with Gasteiger partial charge in [0.2, 0.25) is 5.91 Å². The van der Waals surface area contributed by atoms with E-state index < -0.39 is 5.97 Å². The molecule has 0 aromatic carbocycles. The molecule has 1 heterocycles. The van der Waals surface area contributed by atoms with Crippen molar-refractivity contribution in [1.29, 1.82) is 0 Å². The second kappa shape index (κ2) is 9.01. The van der Waals surface area contributed by atoms with E-state index in [0.29, 0.717) is 26.1 Å². The molecule has 1 aliphatic rings. The predicted octanol–water partition coefficient (Wildman–Crippen LogP) is 1.52. The minimum atomic E-state index is -0.537. The number of esters is 2. The van der Waals surface area contributed by atoms with Gasteiger partial charge in [0.15, 0.2) is 0 Å². The molecule has 1 aromatic heterocycles. The first-order valence-corrected chi connectivity index (χ1v) is 9.37. The Bertz CT molecular complexity index is 712. The average Bonchev–Trinajstić information content (AvgIpc) is 3.32. The van der Waals surface area contributed by atoms with Gasteiger partial charge < -0.3 is 14.4 Å². The maximum absolute atomic E-state index is 12.7. The topological polar surface area (TPSA) is 90.7 Å². The van der Waals surface area contributed by atoms with Crippen molar-refractivity contribution in [2.45, 2.75) is 47.1 Å². The number of hydrogen-bond donors (Lipinski definition) is 0. The first-order valence-electron chi connectivity index (χ1n) is 9.37. The summed E-state index contributed by atoms with van der Waals surface area (Å²) in [4.78, 5) is 38.0. The van der Waals surface area contributed by atoms with E-state index in [1.807, 2.05) is 20.9 Å². The summed E-state index contributed by atoms with van der Waals surface area (Å²) in [6.45, 7) is 8.68. The van der Waals surface area contributed by atoms with Crippen molar-refractivity contribution in [2.24, 2.45) is 18.9 Å². The highest BCUT2D eigenvalue weighted by Crippen LogP contribution is 2.40. The van der Waals surface area contributed by atoms with E-state index in [4.69, 9.17) is 9.47 Å². The minimum Gasteiger partial charge on any atom is -0.466 e. The molecule has 1 aliphatic carbocycles. The van der Waals surface area contributed by atoms with Crippen molar-refractivity contribution in [3.8, 4) is 0 Å². The molecule has 0 bridgehead atoms. The van der Waals surface area contributed by atoms with Gasteiger partial charge in [-0.25, -0.2) is 0 Å². The number of ether oxygens (including phenoxy) is 2. The molecule has 2 rings (SSSR count). The molecule has 150 valence electrons. The number of amides is 1. The molecule has 27 heavy (non-hydrogen) atoms. The van der Waals surface area contributed by atoms with Crippen LogP contribution in [0, 0.1) is 25.7 Å². The molecule has 0 saturated heterocycles. The maximum Gasteiger partial charge on any atom is 0.315 e. The number of rotatable bonds is 9. The van der Waals surface area contributed by atoms with Crippen LogP contribution in [0.15, 0.2) is 0 Å². The first-order chi connectivity index (χ1) is 12.8. The lowest BCUT2D eigenvalue weighted by atomic mass is 10.1. The molecule has 0 N–H and O–H groups in total. The van der Waals surface area contributed by atoms with Gasteiger partial charge in [0.05, 0.1) is 24.8 Å². The number of nitrogens with zero attached hydrogens (tertiary/aromatic N) is 3. The highest BCUT2D eigenvalue weighted by molar-refractivity contribution is 5.94. The second-order valence-corrected chi connectivity index (χ2v) is 6.88. The van der Waals surface area contributed by atoms with Crippen LogP contribution in [0.4, 0.5) is 0 Å². The third kappa shape index (κ3) is 5.30. The van der Waals surface area contributed by atoms with E-state index in [-0.39, 0.29) is 36.7 Å². The van der Waals surface area contributed by atoms with Gasteiger partial charge in [0.1, 0.15) is 6.42 Å². The van der Waals surface area contributed by atoms with Gasteiger partial charge in [-0.1, -0.05) is 0 Å².